The monoisotopic (exact) mass is 159 g/mol. The number of carbonyl (C=O) groups is 1. The summed E-state index contributed by atoms with van der Waals surface area (Å²) in [6.45, 7) is 4.72. The van der Waals surface area contributed by atoms with Crippen molar-refractivity contribution in [3.63, 3.8) is 0 Å². The van der Waals surface area contributed by atoms with Crippen LogP contribution in [-0.4, -0.2) is 16.7 Å². The Morgan fingerprint density at radius 2 is 2.09 bits per heavy atom. The van der Waals surface area contributed by atoms with Crippen LogP contribution in [0, 0.1) is 16.0 Å². The van der Waals surface area contributed by atoms with E-state index in [1.807, 2.05) is 0 Å². The fourth-order valence-electron chi connectivity index (χ4n) is 0.911. The molecule has 11 heavy (non-hydrogen) atoms. The molecule has 64 valence electrons. The zero-order chi connectivity index (χ0) is 9.07. The van der Waals surface area contributed by atoms with Crippen LogP contribution in [0.15, 0.2) is 0 Å². The Balaban J connectivity index is 4.11. The lowest BCUT2D eigenvalue weighted by Gasteiger charge is -2.16. The first-order valence-electron chi connectivity index (χ1n) is 3.50. The summed E-state index contributed by atoms with van der Waals surface area (Å²) in [4.78, 5) is 20.2. The van der Waals surface area contributed by atoms with Crippen molar-refractivity contribution in [2.24, 2.45) is 5.92 Å². The van der Waals surface area contributed by atoms with Crippen molar-refractivity contribution in [2.45, 2.75) is 32.7 Å². The van der Waals surface area contributed by atoms with Gasteiger partial charge in [0.2, 0.25) is 5.54 Å². The lowest BCUT2D eigenvalue weighted by molar-refractivity contribution is -0.562. The van der Waals surface area contributed by atoms with Crippen molar-refractivity contribution in [1.29, 1.82) is 0 Å². The molecule has 0 spiro atoms. The van der Waals surface area contributed by atoms with Gasteiger partial charge in [-0.2, -0.15) is 0 Å². The lowest BCUT2D eigenvalue weighted by atomic mass is 9.93. The Morgan fingerprint density at radius 3 is 2.36 bits per heavy atom. The van der Waals surface area contributed by atoms with Crippen LogP contribution in [0.3, 0.4) is 0 Å². The molecule has 0 aromatic rings. The number of hydrogen-bond acceptors (Lipinski definition) is 3. The predicted octanol–water partition coefficient (Wildman–Crippen LogP) is 1.27. The summed E-state index contributed by atoms with van der Waals surface area (Å²) in [5.41, 5.74) is -0.986. The summed E-state index contributed by atoms with van der Waals surface area (Å²) in [5.74, 6) is -0.240. The summed E-state index contributed by atoms with van der Waals surface area (Å²) >= 11 is 0. The maximum atomic E-state index is 10.4. The average molecular weight is 159 g/mol. The van der Waals surface area contributed by atoms with Gasteiger partial charge < -0.3 is 4.79 Å². The molecule has 1 atom stereocenters. The molecule has 4 nitrogen and oxygen atoms in total. The number of aldehydes is 1. The smallest absolute Gasteiger partial charge is 0.217 e. The maximum Gasteiger partial charge on any atom is 0.217 e. The highest BCUT2D eigenvalue weighted by Crippen LogP contribution is 2.17. The van der Waals surface area contributed by atoms with Gasteiger partial charge in [-0.3, -0.25) is 10.1 Å². The van der Waals surface area contributed by atoms with Crippen LogP contribution in [0.5, 0.6) is 0 Å². The number of hydrogen-bond donors (Lipinski definition) is 0. The number of nitrogens with zero attached hydrogens (tertiary/aromatic N) is 1. The van der Waals surface area contributed by atoms with Crippen molar-refractivity contribution in [2.75, 3.05) is 0 Å². The second-order valence-corrected chi connectivity index (χ2v) is 3.39. The Hall–Kier alpha value is -0.930. The summed E-state index contributed by atoms with van der Waals surface area (Å²) in [6.07, 6.45) is 1.04. The maximum absolute atomic E-state index is 10.4. The highest BCUT2D eigenvalue weighted by molar-refractivity contribution is 5.52. The van der Waals surface area contributed by atoms with Crippen molar-refractivity contribution >= 4 is 6.29 Å². The SMILES string of the molecule is CC(C=O)CC(C)(C)[N+](=O)[O-]. The summed E-state index contributed by atoms with van der Waals surface area (Å²) in [7, 11) is 0. The predicted molar refractivity (Wildman–Crippen MR) is 40.9 cm³/mol. The van der Waals surface area contributed by atoms with E-state index in [0.717, 1.165) is 6.29 Å². The molecule has 0 heterocycles. The van der Waals surface area contributed by atoms with Gasteiger partial charge in [0, 0.05) is 31.1 Å². The minimum Gasteiger partial charge on any atom is -0.303 e. The molecule has 0 rings (SSSR count). The summed E-state index contributed by atoms with van der Waals surface area (Å²) in [5, 5.41) is 10.4. The highest BCUT2D eigenvalue weighted by atomic mass is 16.6. The third-order valence-electron chi connectivity index (χ3n) is 1.55. The molecule has 4 heteroatoms. The largest absolute Gasteiger partial charge is 0.303 e. The van der Waals surface area contributed by atoms with Crippen molar-refractivity contribution < 1.29 is 9.72 Å². The van der Waals surface area contributed by atoms with E-state index in [0.29, 0.717) is 6.42 Å². The molecular formula is C7H13NO3. The quantitative estimate of drug-likeness (QED) is 0.352. The van der Waals surface area contributed by atoms with Crippen LogP contribution in [0.25, 0.3) is 0 Å². The van der Waals surface area contributed by atoms with Gasteiger partial charge in [0.05, 0.1) is 0 Å². The van der Waals surface area contributed by atoms with Crippen LogP contribution in [-0.2, 0) is 4.79 Å². The Bertz CT molecular complexity index is 165. The molecule has 0 aliphatic heterocycles. The van der Waals surface area contributed by atoms with Gasteiger partial charge >= 0.3 is 0 Å². The van der Waals surface area contributed by atoms with Gasteiger partial charge in [0.1, 0.15) is 6.29 Å². The Kier molecular flexibility index (Phi) is 3.17. The van der Waals surface area contributed by atoms with Crippen LogP contribution in [0.4, 0.5) is 0 Å². The van der Waals surface area contributed by atoms with Gasteiger partial charge in [-0.15, -0.1) is 0 Å². The van der Waals surface area contributed by atoms with Crippen LogP contribution in [0.2, 0.25) is 0 Å². The van der Waals surface area contributed by atoms with E-state index in [4.69, 9.17) is 0 Å². The minimum atomic E-state index is -0.986. The first kappa shape index (κ1) is 10.1. The average Bonchev–Trinajstić information content (AvgIpc) is 1.86. The van der Waals surface area contributed by atoms with E-state index in [9.17, 15) is 14.9 Å². The zero-order valence-corrected chi connectivity index (χ0v) is 7.03. The summed E-state index contributed by atoms with van der Waals surface area (Å²) < 4.78 is 0. The van der Waals surface area contributed by atoms with Crippen LogP contribution in [0.1, 0.15) is 27.2 Å². The second-order valence-electron chi connectivity index (χ2n) is 3.39. The first-order valence-corrected chi connectivity index (χ1v) is 3.50. The fourth-order valence-corrected chi connectivity index (χ4v) is 0.911. The molecule has 0 aromatic carbocycles. The highest BCUT2D eigenvalue weighted by Gasteiger charge is 2.32. The molecule has 0 fully saturated rings. The molecular weight excluding hydrogens is 146 g/mol. The normalized spacial score (nSPS) is 14.1. The Labute approximate surface area is 65.7 Å². The second kappa shape index (κ2) is 3.46. The van der Waals surface area contributed by atoms with Crippen LogP contribution < -0.4 is 0 Å². The van der Waals surface area contributed by atoms with Gasteiger partial charge in [0.15, 0.2) is 0 Å². The third-order valence-corrected chi connectivity index (χ3v) is 1.55. The Morgan fingerprint density at radius 1 is 1.64 bits per heavy atom. The fraction of sp³-hybridized carbons (Fsp3) is 0.857. The molecule has 0 aliphatic carbocycles. The number of nitro groups is 1. The van der Waals surface area contributed by atoms with E-state index in [1.165, 1.54) is 13.8 Å². The minimum absolute atomic E-state index is 0.240. The molecule has 0 aliphatic rings. The molecule has 1 unspecified atom stereocenters. The van der Waals surface area contributed by atoms with Gasteiger partial charge in [-0.05, 0) is 0 Å². The first-order chi connectivity index (χ1) is 4.90. The molecule has 0 radical (unpaired) electrons. The van der Waals surface area contributed by atoms with E-state index < -0.39 is 5.54 Å². The standard InChI is InChI=1S/C7H13NO3/c1-6(5-9)4-7(2,3)8(10)11/h5-6H,4H2,1-3H3. The van der Waals surface area contributed by atoms with E-state index >= 15 is 0 Å². The molecule has 0 N–H and O–H groups in total. The van der Waals surface area contributed by atoms with Crippen LogP contribution >= 0.6 is 0 Å². The van der Waals surface area contributed by atoms with Gasteiger partial charge in [-0.1, -0.05) is 6.92 Å². The number of carbonyl (C=O) groups excluding carboxylic acids is 1. The molecule has 0 bridgehead atoms. The zero-order valence-electron chi connectivity index (χ0n) is 7.03. The summed E-state index contributed by atoms with van der Waals surface area (Å²) in [6, 6.07) is 0. The van der Waals surface area contributed by atoms with Crippen molar-refractivity contribution in [3.05, 3.63) is 10.1 Å². The lowest BCUT2D eigenvalue weighted by Crippen LogP contribution is -2.33. The van der Waals surface area contributed by atoms with E-state index in [1.54, 1.807) is 6.92 Å². The number of rotatable bonds is 4. The topological polar surface area (TPSA) is 60.2 Å². The molecule has 0 saturated carbocycles. The van der Waals surface area contributed by atoms with Gasteiger partial charge in [-0.25, -0.2) is 0 Å². The molecule has 0 amide bonds. The third kappa shape index (κ3) is 3.11. The van der Waals surface area contributed by atoms with Crippen molar-refractivity contribution in [1.82, 2.24) is 0 Å². The van der Waals surface area contributed by atoms with Gasteiger partial charge in [0.25, 0.3) is 0 Å². The molecule has 0 aromatic heterocycles. The van der Waals surface area contributed by atoms with E-state index in [-0.39, 0.29) is 10.8 Å². The molecule has 0 saturated heterocycles. The van der Waals surface area contributed by atoms with Crippen molar-refractivity contribution in [3.8, 4) is 0 Å². The van der Waals surface area contributed by atoms with E-state index in [2.05, 4.69) is 0 Å².